The molecule has 2 bridgehead atoms. The normalized spacial score (nSPS) is 36.7. The molecule has 6 rings (SSSR count). The first-order valence-electron chi connectivity index (χ1n) is 40.9. The third-order valence-electron chi connectivity index (χ3n) is 21.7. The van der Waals surface area contributed by atoms with Gasteiger partial charge < -0.3 is 108 Å². The predicted octanol–water partition coefficient (Wildman–Crippen LogP) is 10.3. The second kappa shape index (κ2) is 49.7. The average Bonchev–Trinajstić information content (AvgIpc) is 0.776. The summed E-state index contributed by atoms with van der Waals surface area (Å²) in [6.07, 6.45) is -1.54. The lowest BCUT2D eigenvalue weighted by Crippen LogP contribution is -2.68. The molecule has 9 N–H and O–H groups in total. The van der Waals surface area contributed by atoms with E-state index < -0.39 is 178 Å². The van der Waals surface area contributed by atoms with Crippen LogP contribution in [0.25, 0.3) is 0 Å². The largest absolute Gasteiger partial charge is 0.457 e. The molecule has 6 aliphatic rings. The number of fused-ring (bicyclic) bond motifs is 3. The average molecular weight is 1480 g/mol. The highest BCUT2D eigenvalue weighted by Crippen LogP contribution is 2.40. The maximum absolute atomic E-state index is 14.6. The summed E-state index contributed by atoms with van der Waals surface area (Å²) in [5, 5.41) is 103. The standard InChI is InChI=1S/C78H140O25/c1-8-11-14-16-18-20-22-24-26-28-32-36-41-46-56(80)97-67-51(5)92-74(65(89)63(67)87)100-69-53(7)94-78(73(72(69)103-75-64(88)61(85)60(84)55(49-79)96-75)99-58(82)48-43-37-33-29-27-25-23-21-19-17-15-12-9-2)101-68-52(6)93-76-66(90)70(68)98-57(81)47-42-38-34-30-31-35-40-45-54(44-39-13-10-3)95-77-71(102-76)62(86)59(83)50(4)91-77/h50-55,59-79,83-90H,8-49H2,1-7H3/t50-,51+,52+,53+,54-,55+,59-,60+,61-,62+,63+,64+,65+,66+,67+,68-,69+,70-,71-,72-,73+,74-,75-,76-,77+,78-/m1/s1. The fraction of sp³-hybridized carbons (Fsp3) is 0.962. The minimum atomic E-state index is -2.02. The minimum absolute atomic E-state index is 0.0408. The van der Waals surface area contributed by atoms with Crippen molar-refractivity contribution in [2.24, 2.45) is 0 Å². The van der Waals surface area contributed by atoms with Gasteiger partial charge in [0.25, 0.3) is 0 Å². The Balaban J connectivity index is 1.27. The first kappa shape index (κ1) is 89.5. The van der Waals surface area contributed by atoms with Gasteiger partial charge in [-0.05, 0) is 59.8 Å². The second-order valence-corrected chi connectivity index (χ2v) is 30.5. The van der Waals surface area contributed by atoms with Gasteiger partial charge in [0.2, 0.25) is 0 Å². The highest BCUT2D eigenvalue weighted by atomic mass is 16.8. The maximum Gasteiger partial charge on any atom is 0.306 e. The number of ether oxygens (including phenoxy) is 13. The Morgan fingerprint density at radius 2 is 0.806 bits per heavy atom. The molecule has 0 radical (unpaired) electrons. The Morgan fingerprint density at radius 3 is 1.36 bits per heavy atom. The number of aliphatic hydroxyl groups excluding tert-OH is 9. The van der Waals surface area contributed by atoms with Crippen LogP contribution in [0.4, 0.5) is 0 Å². The molecule has 0 saturated carbocycles. The van der Waals surface area contributed by atoms with Crippen molar-refractivity contribution in [2.45, 2.75) is 471 Å². The molecule has 0 aromatic rings. The molecule has 6 saturated heterocycles. The van der Waals surface area contributed by atoms with Crippen LogP contribution in [0.1, 0.15) is 312 Å². The van der Waals surface area contributed by atoms with Crippen LogP contribution < -0.4 is 0 Å². The fourth-order valence-corrected chi connectivity index (χ4v) is 15.1. The van der Waals surface area contributed by atoms with E-state index in [0.717, 1.165) is 109 Å². The molecule has 602 valence electrons. The van der Waals surface area contributed by atoms with Crippen molar-refractivity contribution in [3.05, 3.63) is 0 Å². The van der Waals surface area contributed by atoms with Crippen molar-refractivity contribution in [3.8, 4) is 0 Å². The topological polar surface area (TPSA) is 353 Å². The number of rotatable bonds is 41. The molecule has 0 aromatic carbocycles. The smallest absolute Gasteiger partial charge is 0.306 e. The molecule has 0 aliphatic carbocycles. The molecule has 0 aromatic heterocycles. The van der Waals surface area contributed by atoms with Crippen LogP contribution in [0, 0.1) is 0 Å². The van der Waals surface area contributed by atoms with Crippen LogP contribution in [0.15, 0.2) is 0 Å². The first-order chi connectivity index (χ1) is 49.7. The second-order valence-electron chi connectivity index (χ2n) is 30.5. The summed E-state index contributed by atoms with van der Waals surface area (Å²) in [4.78, 5) is 42.1. The van der Waals surface area contributed by atoms with Gasteiger partial charge in [0.1, 0.15) is 79.4 Å². The van der Waals surface area contributed by atoms with E-state index >= 15 is 0 Å². The Kier molecular flexibility index (Phi) is 43.2. The number of carbonyl (C=O) groups excluding carboxylic acids is 3. The summed E-state index contributed by atoms with van der Waals surface area (Å²) in [6, 6.07) is 0. The Labute approximate surface area is 615 Å². The van der Waals surface area contributed by atoms with E-state index in [4.69, 9.17) is 61.6 Å². The molecule has 26 atom stereocenters. The molecule has 0 amide bonds. The molecule has 103 heavy (non-hydrogen) atoms. The Morgan fingerprint density at radius 1 is 0.369 bits per heavy atom. The van der Waals surface area contributed by atoms with Gasteiger partial charge in [0.15, 0.2) is 49.8 Å². The zero-order chi connectivity index (χ0) is 74.6. The van der Waals surface area contributed by atoms with Crippen molar-refractivity contribution in [1.82, 2.24) is 0 Å². The zero-order valence-electron chi connectivity index (χ0n) is 63.8. The van der Waals surface area contributed by atoms with Crippen molar-refractivity contribution >= 4 is 17.9 Å². The van der Waals surface area contributed by atoms with Gasteiger partial charge in [0, 0.05) is 19.3 Å². The number of aliphatic hydroxyl groups is 9. The molecule has 25 nitrogen and oxygen atoms in total. The monoisotopic (exact) mass is 1480 g/mol. The molecule has 0 unspecified atom stereocenters. The molecule has 6 fully saturated rings. The minimum Gasteiger partial charge on any atom is -0.457 e. The molecule has 6 aliphatic heterocycles. The molecule has 0 spiro atoms. The summed E-state index contributed by atoms with van der Waals surface area (Å²) in [7, 11) is 0. The van der Waals surface area contributed by atoms with E-state index in [0.29, 0.717) is 38.5 Å². The number of esters is 3. The van der Waals surface area contributed by atoms with Crippen LogP contribution in [-0.2, 0) is 76.0 Å². The molecular weight excluding hydrogens is 1340 g/mol. The van der Waals surface area contributed by atoms with E-state index in [1.807, 2.05) is 0 Å². The van der Waals surface area contributed by atoms with Crippen LogP contribution in [0.3, 0.4) is 0 Å². The quantitative estimate of drug-likeness (QED) is 0.0156. The van der Waals surface area contributed by atoms with Gasteiger partial charge in [-0.2, -0.15) is 0 Å². The van der Waals surface area contributed by atoms with Gasteiger partial charge >= 0.3 is 17.9 Å². The predicted molar refractivity (Wildman–Crippen MR) is 381 cm³/mol. The maximum atomic E-state index is 14.6. The Hall–Kier alpha value is -2.35. The SMILES string of the molecule is CCCCCCCCCCCCCCCC(=O)O[C@@H]1[C@@H](O[C@H]2[C@@H]3OC(=O)CCCCCCCCC[C@@H](CCCCC)O[C@@H]4O[C@H](C)[C@@H](O)[C@H](O)[C@H]4O[C@@H](O[C@H]2C)[C@H]3O)O[C@@H](C)[C@H](O[C@H]2O[C@@H](C)[C@H](OC(=O)CCCCCCCCCCCCCCC)[C@@H](O)[C@@H]2O)[C@H]1O[C@H]1O[C@@H](CO)[C@H](O)[C@@H](O)[C@@H]1O. The van der Waals surface area contributed by atoms with E-state index in [1.54, 1.807) is 13.8 Å². The summed E-state index contributed by atoms with van der Waals surface area (Å²) >= 11 is 0. The van der Waals surface area contributed by atoms with Gasteiger partial charge in [-0.1, -0.05) is 233 Å². The lowest BCUT2D eigenvalue weighted by molar-refractivity contribution is -0.400. The molecule has 25 heteroatoms. The van der Waals surface area contributed by atoms with Crippen molar-refractivity contribution in [1.29, 1.82) is 0 Å². The van der Waals surface area contributed by atoms with Crippen LogP contribution in [0.2, 0.25) is 0 Å². The van der Waals surface area contributed by atoms with Crippen LogP contribution >= 0.6 is 0 Å². The number of carbonyl (C=O) groups is 3. The summed E-state index contributed by atoms with van der Waals surface area (Å²) in [5.41, 5.74) is 0. The fourth-order valence-electron chi connectivity index (χ4n) is 15.1. The number of hydrogen-bond acceptors (Lipinski definition) is 25. The van der Waals surface area contributed by atoms with E-state index in [-0.39, 0.29) is 25.4 Å². The zero-order valence-corrected chi connectivity index (χ0v) is 63.8. The Bertz CT molecular complexity index is 2250. The lowest BCUT2D eigenvalue weighted by Gasteiger charge is -2.51. The van der Waals surface area contributed by atoms with E-state index in [2.05, 4.69) is 20.8 Å². The molecular formula is C78H140O25. The van der Waals surface area contributed by atoms with E-state index in [1.165, 1.54) is 110 Å². The van der Waals surface area contributed by atoms with Crippen molar-refractivity contribution in [3.63, 3.8) is 0 Å². The molecule has 6 heterocycles. The van der Waals surface area contributed by atoms with Crippen LogP contribution in [0.5, 0.6) is 0 Å². The van der Waals surface area contributed by atoms with Crippen molar-refractivity contribution < 1.29 is 122 Å². The summed E-state index contributed by atoms with van der Waals surface area (Å²) in [6.45, 7) is 11.9. The number of hydrogen-bond donors (Lipinski definition) is 9. The van der Waals surface area contributed by atoms with E-state index in [9.17, 15) is 60.3 Å². The summed E-state index contributed by atoms with van der Waals surface area (Å²) in [5.74, 6) is -2.05. The third-order valence-corrected chi connectivity index (χ3v) is 21.7. The van der Waals surface area contributed by atoms with Crippen LogP contribution in [-0.4, -0.2) is 230 Å². The number of unbranched alkanes of at least 4 members (excludes halogenated alkanes) is 26. The van der Waals surface area contributed by atoms with Gasteiger partial charge in [-0.3, -0.25) is 14.4 Å². The van der Waals surface area contributed by atoms with Crippen molar-refractivity contribution in [2.75, 3.05) is 6.61 Å². The van der Waals surface area contributed by atoms with Gasteiger partial charge in [-0.15, -0.1) is 0 Å². The summed E-state index contributed by atoms with van der Waals surface area (Å²) < 4.78 is 83.2. The van der Waals surface area contributed by atoms with Gasteiger partial charge in [0.05, 0.1) is 37.1 Å². The first-order valence-corrected chi connectivity index (χ1v) is 40.9. The lowest BCUT2D eigenvalue weighted by atomic mass is 9.95. The van der Waals surface area contributed by atoms with Gasteiger partial charge in [-0.25, -0.2) is 0 Å². The highest BCUT2D eigenvalue weighted by Gasteiger charge is 2.59. The third kappa shape index (κ3) is 29.8. The highest BCUT2D eigenvalue weighted by molar-refractivity contribution is 5.70.